The van der Waals surface area contributed by atoms with Gasteiger partial charge in [-0.2, -0.15) is 0 Å². The van der Waals surface area contributed by atoms with Crippen molar-refractivity contribution in [3.63, 3.8) is 0 Å². The number of nitrogens with two attached hydrogens (primary N) is 1. The van der Waals surface area contributed by atoms with Gasteiger partial charge >= 0.3 is 0 Å². The largest absolute Gasteiger partial charge is 0.330 e. The lowest BCUT2D eigenvalue weighted by atomic mass is 9.97. The van der Waals surface area contributed by atoms with Crippen molar-refractivity contribution in [2.24, 2.45) is 11.7 Å². The van der Waals surface area contributed by atoms with Gasteiger partial charge in [0, 0.05) is 4.47 Å². The van der Waals surface area contributed by atoms with Crippen molar-refractivity contribution in [3.8, 4) is 0 Å². The molecule has 0 spiro atoms. The summed E-state index contributed by atoms with van der Waals surface area (Å²) in [6.07, 6.45) is 4.63. The lowest BCUT2D eigenvalue weighted by Crippen LogP contribution is -2.08. The molecule has 0 saturated heterocycles. The summed E-state index contributed by atoms with van der Waals surface area (Å²) in [6, 6.07) is 6.28. The van der Waals surface area contributed by atoms with Gasteiger partial charge in [0.1, 0.15) is 0 Å². The third kappa shape index (κ3) is 3.53. The van der Waals surface area contributed by atoms with Gasteiger partial charge in [0.05, 0.1) is 15.2 Å². The van der Waals surface area contributed by atoms with Crippen LogP contribution >= 0.6 is 27.3 Å². The monoisotopic (exact) mass is 326 g/mol. The zero-order valence-corrected chi connectivity index (χ0v) is 13.1. The van der Waals surface area contributed by atoms with E-state index in [0.717, 1.165) is 35.3 Å². The summed E-state index contributed by atoms with van der Waals surface area (Å²) < 4.78 is 2.39. The highest BCUT2D eigenvalue weighted by atomic mass is 79.9. The number of aromatic nitrogens is 1. The SMILES string of the molecule is CCC(CCN)CCc1nc2ccc(Br)cc2s1. The van der Waals surface area contributed by atoms with E-state index in [1.165, 1.54) is 22.5 Å². The molecule has 18 heavy (non-hydrogen) atoms. The molecule has 1 aromatic carbocycles. The first-order valence-corrected chi connectivity index (χ1v) is 8.09. The third-order valence-corrected chi connectivity index (χ3v) is 4.88. The predicted molar refractivity (Wildman–Crippen MR) is 83.1 cm³/mol. The Hall–Kier alpha value is -0.450. The molecular formula is C14H19BrN2S. The molecule has 0 aliphatic rings. The first kappa shape index (κ1) is 14.0. The van der Waals surface area contributed by atoms with Crippen LogP contribution in [0.3, 0.4) is 0 Å². The minimum atomic E-state index is 0.744. The number of thiazole rings is 1. The Balaban J connectivity index is 2.03. The Morgan fingerprint density at radius 3 is 2.94 bits per heavy atom. The van der Waals surface area contributed by atoms with Gasteiger partial charge in [0.15, 0.2) is 0 Å². The van der Waals surface area contributed by atoms with E-state index >= 15 is 0 Å². The lowest BCUT2D eigenvalue weighted by molar-refractivity contribution is 0.443. The smallest absolute Gasteiger partial charge is 0.0938 e. The van der Waals surface area contributed by atoms with Gasteiger partial charge in [0.2, 0.25) is 0 Å². The van der Waals surface area contributed by atoms with Crippen molar-refractivity contribution in [3.05, 3.63) is 27.7 Å². The molecule has 0 saturated carbocycles. The van der Waals surface area contributed by atoms with Gasteiger partial charge < -0.3 is 5.73 Å². The highest BCUT2D eigenvalue weighted by Crippen LogP contribution is 2.27. The summed E-state index contributed by atoms with van der Waals surface area (Å²) in [5.74, 6) is 0.744. The molecule has 2 rings (SSSR count). The lowest BCUT2D eigenvalue weighted by Gasteiger charge is -2.11. The van der Waals surface area contributed by atoms with Crippen molar-refractivity contribution >= 4 is 37.5 Å². The first-order valence-electron chi connectivity index (χ1n) is 6.48. The third-order valence-electron chi connectivity index (χ3n) is 3.31. The second-order valence-corrected chi connectivity index (χ2v) is 6.64. The van der Waals surface area contributed by atoms with Crippen molar-refractivity contribution in [2.45, 2.75) is 32.6 Å². The normalized spacial score (nSPS) is 13.1. The highest BCUT2D eigenvalue weighted by molar-refractivity contribution is 9.10. The quantitative estimate of drug-likeness (QED) is 0.856. The van der Waals surface area contributed by atoms with Crippen molar-refractivity contribution < 1.29 is 0 Å². The molecule has 0 radical (unpaired) electrons. The van der Waals surface area contributed by atoms with Crippen LogP contribution < -0.4 is 5.73 Å². The van der Waals surface area contributed by atoms with Gasteiger partial charge in [-0.25, -0.2) is 4.98 Å². The maximum atomic E-state index is 5.63. The highest BCUT2D eigenvalue weighted by Gasteiger charge is 2.09. The molecule has 0 aliphatic heterocycles. The Morgan fingerprint density at radius 2 is 2.22 bits per heavy atom. The van der Waals surface area contributed by atoms with Crippen molar-refractivity contribution in [1.29, 1.82) is 0 Å². The molecule has 1 aromatic heterocycles. The fourth-order valence-corrected chi connectivity index (χ4v) is 3.70. The second kappa shape index (κ2) is 6.64. The number of aryl methyl sites for hydroxylation is 1. The number of benzene rings is 1. The zero-order valence-electron chi connectivity index (χ0n) is 10.7. The van der Waals surface area contributed by atoms with Crippen molar-refractivity contribution in [2.75, 3.05) is 6.54 Å². The van der Waals surface area contributed by atoms with Crippen LogP contribution in [-0.2, 0) is 6.42 Å². The molecule has 0 fully saturated rings. The van der Waals surface area contributed by atoms with Crippen LogP contribution in [-0.4, -0.2) is 11.5 Å². The van der Waals surface area contributed by atoms with Gasteiger partial charge in [-0.05, 0) is 49.9 Å². The van der Waals surface area contributed by atoms with Crippen LogP contribution in [0.5, 0.6) is 0 Å². The average Bonchev–Trinajstić information content (AvgIpc) is 2.76. The molecule has 0 aliphatic carbocycles. The van der Waals surface area contributed by atoms with E-state index in [-0.39, 0.29) is 0 Å². The fourth-order valence-electron chi connectivity index (χ4n) is 2.17. The minimum Gasteiger partial charge on any atom is -0.330 e. The van der Waals surface area contributed by atoms with E-state index < -0.39 is 0 Å². The molecule has 2 N–H and O–H groups in total. The van der Waals surface area contributed by atoms with E-state index in [0.29, 0.717) is 0 Å². The zero-order chi connectivity index (χ0) is 13.0. The molecule has 1 heterocycles. The summed E-state index contributed by atoms with van der Waals surface area (Å²) in [6.45, 7) is 3.04. The van der Waals surface area contributed by atoms with Gasteiger partial charge in [-0.3, -0.25) is 0 Å². The maximum absolute atomic E-state index is 5.63. The molecule has 1 unspecified atom stereocenters. The minimum absolute atomic E-state index is 0.744. The van der Waals surface area contributed by atoms with Gasteiger partial charge in [-0.1, -0.05) is 29.3 Å². The van der Waals surface area contributed by atoms with Crippen LogP contribution in [0.15, 0.2) is 22.7 Å². The van der Waals surface area contributed by atoms with E-state index in [2.05, 4.69) is 46.0 Å². The summed E-state index contributed by atoms with van der Waals surface area (Å²) in [5, 5.41) is 1.25. The number of hydrogen-bond acceptors (Lipinski definition) is 3. The topological polar surface area (TPSA) is 38.9 Å². The average molecular weight is 327 g/mol. The summed E-state index contributed by atoms with van der Waals surface area (Å²) in [5.41, 5.74) is 6.75. The van der Waals surface area contributed by atoms with Crippen LogP contribution in [0, 0.1) is 5.92 Å². The van der Waals surface area contributed by atoms with Gasteiger partial charge in [0.25, 0.3) is 0 Å². The standard InChI is InChI=1S/C14H19BrN2S/c1-2-10(7-8-16)3-6-14-17-12-5-4-11(15)9-13(12)18-14/h4-5,9-10H,2-3,6-8,16H2,1H3. The number of rotatable bonds is 6. The Kier molecular flexibility index (Phi) is 5.15. The fraction of sp³-hybridized carbons (Fsp3) is 0.500. The molecule has 98 valence electrons. The van der Waals surface area contributed by atoms with Crippen LogP contribution in [0.25, 0.3) is 10.2 Å². The number of hydrogen-bond donors (Lipinski definition) is 1. The van der Waals surface area contributed by atoms with E-state index in [9.17, 15) is 0 Å². The molecule has 2 aromatic rings. The molecule has 0 bridgehead atoms. The summed E-state index contributed by atoms with van der Waals surface area (Å²) in [4.78, 5) is 4.69. The van der Waals surface area contributed by atoms with Crippen LogP contribution in [0.2, 0.25) is 0 Å². The van der Waals surface area contributed by atoms with Crippen LogP contribution in [0.4, 0.5) is 0 Å². The first-order chi connectivity index (χ1) is 8.72. The van der Waals surface area contributed by atoms with Crippen molar-refractivity contribution in [1.82, 2.24) is 4.98 Å². The number of halogens is 1. The maximum Gasteiger partial charge on any atom is 0.0938 e. The summed E-state index contributed by atoms with van der Waals surface area (Å²) in [7, 11) is 0. The Bertz CT molecular complexity index is 509. The number of fused-ring (bicyclic) bond motifs is 1. The van der Waals surface area contributed by atoms with E-state index in [1.54, 1.807) is 0 Å². The molecule has 1 atom stereocenters. The number of nitrogens with zero attached hydrogens (tertiary/aromatic N) is 1. The van der Waals surface area contributed by atoms with E-state index in [4.69, 9.17) is 5.73 Å². The Labute approximate surface area is 121 Å². The van der Waals surface area contributed by atoms with Crippen LogP contribution in [0.1, 0.15) is 31.2 Å². The predicted octanol–water partition coefficient (Wildman–Crippen LogP) is 4.37. The Morgan fingerprint density at radius 1 is 1.39 bits per heavy atom. The summed E-state index contributed by atoms with van der Waals surface area (Å²) >= 11 is 5.31. The second-order valence-electron chi connectivity index (χ2n) is 4.61. The molecule has 2 nitrogen and oxygen atoms in total. The van der Waals surface area contributed by atoms with E-state index in [1.807, 2.05) is 11.3 Å². The molecular weight excluding hydrogens is 308 g/mol. The van der Waals surface area contributed by atoms with Gasteiger partial charge in [-0.15, -0.1) is 11.3 Å². The molecule has 4 heteroatoms. The molecule has 0 amide bonds.